The molecule has 2 amide bonds. The molecule has 0 heterocycles. The molecule has 0 spiro atoms. The molecular formula is C26H22N2Na2O11S2. The molecule has 13 nitrogen and oxygen atoms in total. The Balaban J connectivity index is 0.00000462. The second-order valence-corrected chi connectivity index (χ2v) is 9.31. The van der Waals surface area contributed by atoms with Crippen LogP contribution in [-0.2, 0) is 18.7 Å². The van der Waals surface area contributed by atoms with Gasteiger partial charge in [0.1, 0.15) is 5.75 Å². The van der Waals surface area contributed by atoms with Gasteiger partial charge in [0, 0.05) is 35.3 Å². The van der Waals surface area contributed by atoms with Crippen molar-refractivity contribution in [3.05, 3.63) is 88.5 Å². The summed E-state index contributed by atoms with van der Waals surface area (Å²) >= 11 is 0.914. The monoisotopic (exact) mass is 648 g/mol. The Bertz CT molecular complexity index is 1410. The van der Waals surface area contributed by atoms with Crippen LogP contribution in [0.15, 0.2) is 70.5 Å². The second-order valence-electron chi connectivity index (χ2n) is 7.83. The Morgan fingerprint density at radius 3 is 1.67 bits per heavy atom. The van der Waals surface area contributed by atoms with Crippen LogP contribution in [0.1, 0.15) is 60.8 Å². The van der Waals surface area contributed by atoms with Gasteiger partial charge in [-0.3, -0.25) is 24.5 Å². The molecule has 2 N–H and O–H groups in total. The molecule has 0 aromatic heterocycles. The number of hydrogen-bond acceptors (Lipinski definition) is 13. The van der Waals surface area contributed by atoms with Crippen LogP contribution in [0.25, 0.3) is 0 Å². The van der Waals surface area contributed by atoms with Crippen molar-refractivity contribution in [1.29, 1.82) is 0 Å². The number of hydrogen-bond donors (Lipinski definition) is 2. The smallest absolute Gasteiger partial charge is 0.691 e. The van der Waals surface area contributed by atoms with Crippen molar-refractivity contribution in [2.75, 3.05) is 13.1 Å². The van der Waals surface area contributed by atoms with Crippen molar-refractivity contribution in [3.63, 3.8) is 0 Å². The summed E-state index contributed by atoms with van der Waals surface area (Å²) in [6.07, 6.45) is 0. The van der Waals surface area contributed by atoms with E-state index in [1.54, 1.807) is 13.8 Å². The van der Waals surface area contributed by atoms with E-state index in [0.717, 1.165) is 0 Å². The minimum atomic E-state index is -0.803. The first-order valence-corrected chi connectivity index (χ1v) is 13.3. The van der Waals surface area contributed by atoms with Gasteiger partial charge in [-0.05, 0) is 62.4 Å². The fourth-order valence-electron chi connectivity index (χ4n) is 3.42. The number of amides is 2. The van der Waals surface area contributed by atoms with E-state index in [0.29, 0.717) is 37.2 Å². The summed E-state index contributed by atoms with van der Waals surface area (Å²) in [6, 6.07) is 13.8. The maximum atomic E-state index is 13.2. The fourth-order valence-corrected chi connectivity index (χ4v) is 4.41. The summed E-state index contributed by atoms with van der Waals surface area (Å²) in [5.41, 5.74) is 0.846. The third kappa shape index (κ3) is 11.3. The predicted molar refractivity (Wildman–Crippen MR) is 140 cm³/mol. The summed E-state index contributed by atoms with van der Waals surface area (Å²) < 4.78 is 14.1. The minimum absolute atomic E-state index is 0. The van der Waals surface area contributed by atoms with Crippen molar-refractivity contribution in [2.24, 2.45) is 0 Å². The second kappa shape index (κ2) is 20.3. The maximum absolute atomic E-state index is 13.2. The normalized spacial score (nSPS) is 10.1. The maximum Gasteiger partial charge on any atom is 1.00 e. The molecule has 0 radical (unpaired) electrons. The van der Waals surface area contributed by atoms with Gasteiger partial charge in [0.2, 0.25) is 0 Å². The molecule has 43 heavy (non-hydrogen) atoms. The largest absolute Gasteiger partial charge is 1.00 e. The average Bonchev–Trinajstić information content (AvgIpc) is 2.99. The molecule has 0 aliphatic rings. The van der Waals surface area contributed by atoms with Crippen LogP contribution >= 0.6 is 24.1 Å². The first-order valence-electron chi connectivity index (χ1n) is 11.8. The third-order valence-electron chi connectivity index (χ3n) is 5.26. The average molecular weight is 649 g/mol. The molecule has 17 heteroatoms. The molecule has 0 saturated heterocycles. The van der Waals surface area contributed by atoms with E-state index in [-0.39, 0.29) is 114 Å². The van der Waals surface area contributed by atoms with Gasteiger partial charge in [-0.1, -0.05) is 12.1 Å². The van der Waals surface area contributed by atoms with Crippen LogP contribution in [0, 0.1) is 0 Å². The number of carbonyl (C=O) groups excluding carboxylic acids is 4. The molecule has 3 aromatic carbocycles. The topological polar surface area (TPSA) is 185 Å². The fraction of sp³-hybridized carbons (Fsp3) is 0.154. The molecular weight excluding hydrogens is 626 g/mol. The van der Waals surface area contributed by atoms with E-state index in [4.69, 9.17) is 4.74 Å². The van der Waals surface area contributed by atoms with Gasteiger partial charge in [-0.25, -0.2) is 4.79 Å². The van der Waals surface area contributed by atoms with E-state index in [1.165, 1.54) is 60.7 Å². The van der Waals surface area contributed by atoms with Gasteiger partial charge < -0.3 is 25.9 Å². The Labute approximate surface area is 299 Å². The molecule has 0 bridgehead atoms. The van der Waals surface area contributed by atoms with E-state index < -0.39 is 11.8 Å². The van der Waals surface area contributed by atoms with Gasteiger partial charge in [0.15, 0.2) is 5.78 Å². The number of ether oxygens (including phenoxy) is 1. The van der Waals surface area contributed by atoms with E-state index in [9.17, 15) is 29.7 Å². The van der Waals surface area contributed by atoms with Crippen LogP contribution < -0.4 is 85.0 Å². The summed E-state index contributed by atoms with van der Waals surface area (Å²) in [5.74, 6) is -2.07. The number of esters is 1. The van der Waals surface area contributed by atoms with Crippen molar-refractivity contribution >= 4 is 47.7 Å². The molecule has 0 saturated carbocycles. The number of benzene rings is 3. The molecule has 0 fully saturated rings. The van der Waals surface area contributed by atoms with Gasteiger partial charge in [0.25, 0.3) is 11.8 Å². The standard InChI is InChI=1S/C26H24N2O11S2.2Na/c1-3-27-24(30)17-9-11-19(21(13-17)40-38-36-33)23(29)15-5-7-16(8-6-15)26(32)35-20-12-10-18(25(31)28-4-2)14-22(20)41-39-37-34;;/h5-14,33-34H,3-4H2,1-2H3,(H,27,30)(H,28,31);;/q;2*+1/p-2. The molecule has 3 aromatic rings. The SMILES string of the molecule is CCNC(=O)c1ccc(OC(=O)c2ccc(C(=O)c3ccc(C(=O)NCC)cc3SOO[O-])cc2)c(SOO[O-])c1.[Na+].[Na+]. The third-order valence-corrected chi connectivity index (χ3v) is 6.52. The summed E-state index contributed by atoms with van der Waals surface area (Å²) in [6.45, 7) is 4.28. The number of nitrogens with one attached hydrogen (secondary N) is 2. The summed E-state index contributed by atoms with van der Waals surface area (Å²) in [4.78, 5) is 50.6. The van der Waals surface area contributed by atoms with Crippen LogP contribution in [0.3, 0.4) is 0 Å². The zero-order valence-electron chi connectivity index (χ0n) is 23.5. The van der Waals surface area contributed by atoms with E-state index in [2.05, 4.69) is 29.4 Å². The Morgan fingerprint density at radius 2 is 1.14 bits per heavy atom. The minimum Gasteiger partial charge on any atom is -0.691 e. The molecule has 3 rings (SSSR count). The van der Waals surface area contributed by atoms with Crippen molar-refractivity contribution < 1.29 is 112 Å². The quantitative estimate of drug-likeness (QED) is 0.0329. The van der Waals surface area contributed by atoms with Crippen molar-refractivity contribution in [2.45, 2.75) is 23.6 Å². The Kier molecular flexibility index (Phi) is 18.5. The van der Waals surface area contributed by atoms with Gasteiger partial charge in [-0.2, -0.15) is 8.67 Å². The van der Waals surface area contributed by atoms with E-state index >= 15 is 0 Å². The zero-order valence-corrected chi connectivity index (χ0v) is 29.1. The molecule has 0 atom stereocenters. The van der Waals surface area contributed by atoms with Crippen LogP contribution in [0.4, 0.5) is 0 Å². The summed E-state index contributed by atoms with van der Waals surface area (Å²) in [7, 11) is 0. The Morgan fingerprint density at radius 1 is 0.674 bits per heavy atom. The van der Waals surface area contributed by atoms with Crippen LogP contribution in [0.2, 0.25) is 0 Å². The molecule has 0 aliphatic heterocycles. The van der Waals surface area contributed by atoms with Crippen molar-refractivity contribution in [3.8, 4) is 5.75 Å². The van der Waals surface area contributed by atoms with Crippen LogP contribution in [0.5, 0.6) is 5.75 Å². The Hall–Kier alpha value is -1.80. The molecule has 0 aliphatic carbocycles. The predicted octanol–water partition coefficient (Wildman–Crippen LogP) is -3.89. The molecule has 0 unspecified atom stereocenters. The van der Waals surface area contributed by atoms with Gasteiger partial charge in [0.05, 0.1) is 39.4 Å². The number of carbonyl (C=O) groups is 4. The molecule has 216 valence electrons. The van der Waals surface area contributed by atoms with E-state index in [1.807, 2.05) is 0 Å². The first-order chi connectivity index (χ1) is 19.8. The number of ketones is 1. The first kappa shape index (κ1) is 39.2. The summed E-state index contributed by atoms with van der Waals surface area (Å²) in [5, 5.41) is 32.7. The number of rotatable bonds is 14. The van der Waals surface area contributed by atoms with Crippen LogP contribution in [-0.4, -0.2) is 36.7 Å². The van der Waals surface area contributed by atoms with Gasteiger partial charge >= 0.3 is 65.1 Å². The zero-order chi connectivity index (χ0) is 29.8. The van der Waals surface area contributed by atoms with Crippen molar-refractivity contribution in [1.82, 2.24) is 10.6 Å². The van der Waals surface area contributed by atoms with Gasteiger partial charge in [-0.15, -0.1) is 0 Å².